The number of benzene rings is 1. The third kappa shape index (κ3) is 2.42. The number of pyridine rings is 1. The first-order valence-electron chi connectivity index (χ1n) is 7.29. The second-order valence-corrected chi connectivity index (χ2v) is 5.71. The zero-order valence-electron chi connectivity index (χ0n) is 13.5. The molecule has 0 atom stereocenters. The van der Waals surface area contributed by atoms with Crippen LogP contribution >= 0.6 is 0 Å². The van der Waals surface area contributed by atoms with E-state index in [4.69, 9.17) is 0 Å². The van der Waals surface area contributed by atoms with Crippen LogP contribution in [0.5, 0.6) is 0 Å². The zero-order valence-corrected chi connectivity index (χ0v) is 13.5. The summed E-state index contributed by atoms with van der Waals surface area (Å²) >= 11 is 0. The Balaban J connectivity index is 2.29. The average Bonchev–Trinajstić information content (AvgIpc) is 2.54. The number of anilines is 2. The minimum Gasteiger partial charge on any atom is -0.354 e. The minimum atomic E-state index is -0.390. The highest BCUT2D eigenvalue weighted by Crippen LogP contribution is 2.25. The van der Waals surface area contributed by atoms with Crippen molar-refractivity contribution < 1.29 is 0 Å². The smallest absolute Gasteiger partial charge is 0.332 e. The van der Waals surface area contributed by atoms with E-state index >= 15 is 0 Å². The van der Waals surface area contributed by atoms with Gasteiger partial charge in [-0.25, -0.2) is 9.78 Å². The van der Waals surface area contributed by atoms with E-state index in [0.29, 0.717) is 16.7 Å². The Labute approximate surface area is 133 Å². The maximum Gasteiger partial charge on any atom is 0.332 e. The summed E-state index contributed by atoms with van der Waals surface area (Å²) in [5, 5.41) is 3.70. The summed E-state index contributed by atoms with van der Waals surface area (Å²) in [7, 11) is 3.08. The largest absolute Gasteiger partial charge is 0.354 e. The molecule has 23 heavy (non-hydrogen) atoms. The molecule has 6 nitrogen and oxygen atoms in total. The van der Waals surface area contributed by atoms with E-state index in [1.165, 1.54) is 11.6 Å². The van der Waals surface area contributed by atoms with E-state index < -0.39 is 0 Å². The lowest BCUT2D eigenvalue weighted by molar-refractivity contribution is 0.708. The van der Waals surface area contributed by atoms with E-state index in [1.54, 1.807) is 19.3 Å². The molecule has 118 valence electrons. The van der Waals surface area contributed by atoms with Crippen LogP contribution in [0.4, 0.5) is 11.4 Å². The molecule has 0 radical (unpaired) electrons. The predicted molar refractivity (Wildman–Crippen MR) is 91.4 cm³/mol. The molecular formula is C17H18N4O2. The fraction of sp³-hybridized carbons (Fsp3) is 0.235. The highest BCUT2D eigenvalue weighted by atomic mass is 16.2. The van der Waals surface area contributed by atoms with Gasteiger partial charge in [0.1, 0.15) is 5.39 Å². The molecule has 0 bridgehead atoms. The predicted octanol–water partition coefficient (Wildman–Crippen LogP) is 1.99. The molecule has 3 rings (SSSR count). The Hall–Kier alpha value is -2.89. The molecule has 0 fully saturated rings. The Bertz CT molecular complexity index is 1030. The first-order valence-corrected chi connectivity index (χ1v) is 7.29. The van der Waals surface area contributed by atoms with Crippen molar-refractivity contribution in [3.8, 4) is 0 Å². The van der Waals surface area contributed by atoms with E-state index in [9.17, 15) is 9.59 Å². The van der Waals surface area contributed by atoms with Crippen molar-refractivity contribution in [2.45, 2.75) is 13.8 Å². The van der Waals surface area contributed by atoms with Crippen molar-refractivity contribution >= 4 is 22.4 Å². The molecule has 0 aliphatic rings. The fourth-order valence-electron chi connectivity index (χ4n) is 2.61. The molecule has 0 aliphatic carbocycles. The molecule has 3 aromatic rings. The van der Waals surface area contributed by atoms with Crippen molar-refractivity contribution in [1.82, 2.24) is 14.1 Å². The van der Waals surface area contributed by atoms with Crippen molar-refractivity contribution in [2.75, 3.05) is 5.32 Å². The van der Waals surface area contributed by atoms with Gasteiger partial charge in [-0.2, -0.15) is 0 Å². The second-order valence-electron chi connectivity index (χ2n) is 5.71. The molecule has 0 saturated heterocycles. The first kappa shape index (κ1) is 15.0. The van der Waals surface area contributed by atoms with Crippen molar-refractivity contribution in [3.05, 3.63) is 62.4 Å². The monoisotopic (exact) mass is 310 g/mol. The van der Waals surface area contributed by atoms with Gasteiger partial charge in [0, 0.05) is 26.0 Å². The van der Waals surface area contributed by atoms with Gasteiger partial charge < -0.3 is 5.32 Å². The summed E-state index contributed by atoms with van der Waals surface area (Å²) < 4.78 is 2.48. The maximum absolute atomic E-state index is 12.5. The van der Waals surface area contributed by atoms with Gasteiger partial charge in [-0.15, -0.1) is 0 Å². The van der Waals surface area contributed by atoms with Crippen LogP contribution in [0.1, 0.15) is 11.1 Å². The van der Waals surface area contributed by atoms with Crippen LogP contribution in [0.25, 0.3) is 11.0 Å². The molecule has 2 aromatic heterocycles. The number of aromatic nitrogens is 3. The minimum absolute atomic E-state index is 0.357. The molecule has 0 saturated carbocycles. The van der Waals surface area contributed by atoms with E-state index in [-0.39, 0.29) is 11.2 Å². The van der Waals surface area contributed by atoms with E-state index in [0.717, 1.165) is 21.4 Å². The van der Waals surface area contributed by atoms with E-state index in [2.05, 4.69) is 10.3 Å². The van der Waals surface area contributed by atoms with Gasteiger partial charge in [-0.3, -0.25) is 13.9 Å². The maximum atomic E-state index is 12.5. The highest BCUT2D eigenvalue weighted by Gasteiger charge is 2.14. The number of fused-ring (bicyclic) bond motifs is 1. The summed E-state index contributed by atoms with van der Waals surface area (Å²) in [6.45, 7) is 4.01. The van der Waals surface area contributed by atoms with Crippen LogP contribution in [0.2, 0.25) is 0 Å². The Morgan fingerprint density at radius 2 is 1.74 bits per heavy atom. The summed E-state index contributed by atoms with van der Waals surface area (Å²) in [6, 6.07) is 7.83. The lowest BCUT2D eigenvalue weighted by Gasteiger charge is -2.14. The quantitative estimate of drug-likeness (QED) is 0.786. The number of hydrogen-bond acceptors (Lipinski definition) is 4. The lowest BCUT2D eigenvalue weighted by atomic mass is 10.1. The van der Waals surface area contributed by atoms with Crippen molar-refractivity contribution in [3.63, 3.8) is 0 Å². The van der Waals surface area contributed by atoms with Crippen molar-refractivity contribution in [1.29, 1.82) is 0 Å². The van der Waals surface area contributed by atoms with Gasteiger partial charge in [0.05, 0.1) is 5.69 Å². The third-order valence-electron chi connectivity index (χ3n) is 4.00. The molecule has 0 amide bonds. The summed E-state index contributed by atoms with van der Waals surface area (Å²) in [4.78, 5) is 28.8. The van der Waals surface area contributed by atoms with Crippen LogP contribution in [0, 0.1) is 13.8 Å². The molecule has 0 spiro atoms. The number of hydrogen-bond donors (Lipinski definition) is 1. The van der Waals surface area contributed by atoms with Gasteiger partial charge >= 0.3 is 5.69 Å². The summed E-state index contributed by atoms with van der Waals surface area (Å²) in [5.41, 5.74) is 3.38. The Kier molecular flexibility index (Phi) is 3.52. The normalized spacial score (nSPS) is 11.0. The Morgan fingerprint density at radius 1 is 1.00 bits per heavy atom. The molecule has 2 heterocycles. The van der Waals surface area contributed by atoms with Gasteiger partial charge in [0.2, 0.25) is 0 Å². The summed E-state index contributed by atoms with van der Waals surface area (Å²) in [5.74, 6) is 0. The first-order chi connectivity index (χ1) is 10.9. The molecule has 0 aliphatic heterocycles. The second kappa shape index (κ2) is 5.39. The van der Waals surface area contributed by atoms with Crippen LogP contribution in [0.3, 0.4) is 0 Å². The third-order valence-corrected chi connectivity index (χ3v) is 4.00. The van der Waals surface area contributed by atoms with Crippen LogP contribution in [-0.2, 0) is 14.1 Å². The van der Waals surface area contributed by atoms with Gasteiger partial charge in [0.15, 0.2) is 5.65 Å². The molecule has 1 N–H and O–H groups in total. The van der Waals surface area contributed by atoms with E-state index in [1.807, 2.05) is 32.0 Å². The lowest BCUT2D eigenvalue weighted by Crippen LogP contribution is -2.37. The van der Waals surface area contributed by atoms with Crippen LogP contribution < -0.4 is 16.6 Å². The highest BCUT2D eigenvalue weighted by molar-refractivity contribution is 5.90. The zero-order chi connectivity index (χ0) is 16.7. The number of nitrogens with zero attached hydrogens (tertiary/aromatic N) is 3. The summed E-state index contributed by atoms with van der Waals surface area (Å²) in [6.07, 6.45) is 1.59. The topological polar surface area (TPSA) is 68.9 Å². The molecule has 6 heteroatoms. The molecule has 1 aromatic carbocycles. The Morgan fingerprint density at radius 3 is 2.48 bits per heavy atom. The standard InChI is InChI=1S/C17H18N4O2/c1-10-5-6-11(2)13(9-10)19-12-7-8-18-15-14(12)16(22)21(4)17(23)20(15)3/h5-9H,1-4H3,(H,18,19). The number of rotatable bonds is 2. The van der Waals surface area contributed by atoms with Crippen LogP contribution in [-0.4, -0.2) is 14.1 Å². The fourth-order valence-corrected chi connectivity index (χ4v) is 2.61. The molecule has 0 unspecified atom stereocenters. The van der Waals surface area contributed by atoms with Crippen LogP contribution in [0.15, 0.2) is 40.1 Å². The number of aryl methyl sites for hydroxylation is 3. The van der Waals surface area contributed by atoms with Gasteiger partial charge in [0.25, 0.3) is 5.56 Å². The molecular weight excluding hydrogens is 292 g/mol. The number of nitrogens with one attached hydrogen (secondary N) is 1. The van der Waals surface area contributed by atoms with Gasteiger partial charge in [-0.1, -0.05) is 12.1 Å². The average molecular weight is 310 g/mol. The van der Waals surface area contributed by atoms with Crippen molar-refractivity contribution in [2.24, 2.45) is 14.1 Å². The van der Waals surface area contributed by atoms with Gasteiger partial charge in [-0.05, 0) is 37.1 Å². The SMILES string of the molecule is Cc1ccc(C)c(Nc2ccnc3c2c(=O)n(C)c(=O)n3C)c1.